The van der Waals surface area contributed by atoms with E-state index in [0.29, 0.717) is 81.8 Å². The number of nitrogens with zero attached hydrogens (tertiary/aromatic N) is 10. The maximum Gasteiger partial charge on any atom is 0.416 e. The number of likely N-dealkylation sites (tertiary alicyclic amines) is 1. The third-order valence-electron chi connectivity index (χ3n) is 15.7. The highest BCUT2D eigenvalue weighted by Crippen LogP contribution is 2.36. The number of aromatic nitrogens is 6. The highest BCUT2D eigenvalue weighted by molar-refractivity contribution is 7.13. The number of nitrogens with one attached hydrogen (secondary N) is 3. The Kier molecular flexibility index (Phi) is 20.3. The van der Waals surface area contributed by atoms with Crippen LogP contribution in [0.15, 0.2) is 84.8 Å². The number of piperazine rings is 1. The number of carbonyl (C=O) groups is 4. The van der Waals surface area contributed by atoms with Crippen molar-refractivity contribution in [1.82, 2.24) is 55.3 Å². The minimum Gasteiger partial charge on any atom is -0.475 e. The van der Waals surface area contributed by atoms with Crippen molar-refractivity contribution in [2.45, 2.75) is 117 Å². The summed E-state index contributed by atoms with van der Waals surface area (Å²) < 4.78 is 53.9. The minimum absolute atomic E-state index is 0.00134. The number of aryl methyl sites for hydroxylation is 3. The van der Waals surface area contributed by atoms with Crippen molar-refractivity contribution in [3.05, 3.63) is 119 Å². The summed E-state index contributed by atoms with van der Waals surface area (Å²) in [5, 5.41) is 28.2. The van der Waals surface area contributed by atoms with Crippen LogP contribution < -0.4 is 25.6 Å². The lowest BCUT2D eigenvalue weighted by Crippen LogP contribution is -2.57. The zero-order valence-corrected chi connectivity index (χ0v) is 49.8. The Morgan fingerprint density at radius 2 is 1.60 bits per heavy atom. The van der Waals surface area contributed by atoms with Crippen molar-refractivity contribution < 1.29 is 46.9 Å². The maximum absolute atomic E-state index is 14.2. The molecule has 4 N–H and O–H groups in total. The van der Waals surface area contributed by atoms with E-state index in [9.17, 15) is 37.5 Å². The molecule has 3 saturated heterocycles. The third-order valence-corrected chi connectivity index (χ3v) is 16.7. The second kappa shape index (κ2) is 27.8. The summed E-state index contributed by atoms with van der Waals surface area (Å²) in [6.45, 7) is 19.5. The Bertz CT molecular complexity index is 3270. The Hall–Kier alpha value is -7.38. The van der Waals surface area contributed by atoms with Gasteiger partial charge in [0.15, 0.2) is 0 Å². The van der Waals surface area contributed by atoms with Gasteiger partial charge in [0, 0.05) is 113 Å². The number of ether oxygens (including phenoxy) is 2. The minimum atomic E-state index is -4.58. The molecule has 24 heteroatoms. The number of aliphatic hydroxyl groups is 1. The fourth-order valence-corrected chi connectivity index (χ4v) is 11.7. The van der Waals surface area contributed by atoms with Crippen LogP contribution in [0.1, 0.15) is 104 Å². The first kappa shape index (κ1) is 62.2. The van der Waals surface area contributed by atoms with Crippen LogP contribution in [-0.2, 0) is 38.4 Å². The van der Waals surface area contributed by atoms with Crippen LogP contribution in [-0.4, -0.2) is 164 Å². The van der Waals surface area contributed by atoms with Crippen molar-refractivity contribution in [3.8, 4) is 27.4 Å². The lowest BCUT2D eigenvalue weighted by Gasteiger charge is -2.35. The summed E-state index contributed by atoms with van der Waals surface area (Å²) >= 11 is 1.57. The molecule has 20 nitrogen and oxygen atoms in total. The normalized spacial score (nSPS) is 17.8. The third kappa shape index (κ3) is 16.3. The van der Waals surface area contributed by atoms with E-state index in [4.69, 9.17) is 14.5 Å². The molecule has 3 aliphatic heterocycles. The van der Waals surface area contributed by atoms with Gasteiger partial charge in [0.1, 0.15) is 24.4 Å². The number of hydrogen-bond acceptors (Lipinski definition) is 16. The Balaban J connectivity index is 0.690. The number of rotatable bonds is 22. The van der Waals surface area contributed by atoms with E-state index in [1.54, 1.807) is 23.6 Å². The summed E-state index contributed by atoms with van der Waals surface area (Å²) in [6.07, 6.45) is 2.18. The lowest BCUT2D eigenvalue weighted by molar-refractivity contribution is -0.144. The van der Waals surface area contributed by atoms with E-state index in [1.807, 2.05) is 88.3 Å². The van der Waals surface area contributed by atoms with Gasteiger partial charge in [-0.1, -0.05) is 62.7 Å². The number of anilines is 2. The fourth-order valence-electron chi connectivity index (χ4n) is 10.8. The van der Waals surface area contributed by atoms with Crippen molar-refractivity contribution in [1.29, 1.82) is 0 Å². The summed E-state index contributed by atoms with van der Waals surface area (Å²) in [5.74, 6) is -1.20. The largest absolute Gasteiger partial charge is 0.475 e. The number of unbranched alkanes of at least 4 members (excludes halogenated alkanes) is 2. The molecule has 454 valence electrons. The first-order valence-electron chi connectivity index (χ1n) is 29.0. The average molecular weight is 1190 g/mol. The predicted molar refractivity (Wildman–Crippen MR) is 317 cm³/mol. The smallest absolute Gasteiger partial charge is 0.416 e. The number of benzene rings is 2. The number of halogens is 3. The number of aliphatic hydroxyl groups excluding tert-OH is 1. The number of thiazole rings is 1. The Morgan fingerprint density at radius 3 is 2.32 bits per heavy atom. The quantitative estimate of drug-likeness (QED) is 0.0478. The van der Waals surface area contributed by atoms with Gasteiger partial charge in [0.25, 0.3) is 5.91 Å². The second-order valence-electron chi connectivity index (χ2n) is 23.2. The van der Waals surface area contributed by atoms with E-state index >= 15 is 0 Å². The first-order valence-corrected chi connectivity index (χ1v) is 29.9. The maximum atomic E-state index is 14.2. The molecule has 4 amide bonds. The van der Waals surface area contributed by atoms with Crippen molar-refractivity contribution in [2.24, 2.45) is 5.41 Å². The molecule has 6 aromatic rings. The number of hydrogen-bond donors (Lipinski definition) is 4. The van der Waals surface area contributed by atoms with Gasteiger partial charge < -0.3 is 40.3 Å². The van der Waals surface area contributed by atoms with Crippen LogP contribution in [0.2, 0.25) is 0 Å². The van der Waals surface area contributed by atoms with E-state index in [2.05, 4.69) is 50.9 Å². The number of morpholine rings is 1. The molecule has 0 unspecified atom stereocenters. The van der Waals surface area contributed by atoms with Gasteiger partial charge >= 0.3 is 6.18 Å². The number of amides is 4. The molecule has 3 aliphatic rings. The standard InChI is InChI=1S/C61H76F3N13O7S/c1-39(42-14-16-43(17-15-42)54-41(3)67-38-85-54)68-57(81)51-32-49(78)37-77(51)59(82)55(60(4,5)6)70-53(79)13-8-7-9-18-76-36-48(71-72-76)35-74-21-19-73(20-22-74)23-28-84-58-52(75-24-26-83-27-25-75)30-45(33-66-58)50-31-47(34-65-40(50)2)69-56(80)44-11-10-12-46(29-44)61(62,63)64/h10-12,14-17,29-31,33-34,36,38-39,49,51,55,78H,7-9,13,18-28,32,35,37H2,1-6H3,(H,68,81)(H,69,80)(H,70,79)/t39-,49+,51-,55-/m0/s1. The van der Waals surface area contributed by atoms with E-state index in [0.717, 1.165) is 89.8 Å². The van der Waals surface area contributed by atoms with E-state index in [1.165, 1.54) is 23.2 Å². The molecule has 0 radical (unpaired) electrons. The Morgan fingerprint density at radius 1 is 0.847 bits per heavy atom. The van der Waals surface area contributed by atoms with Gasteiger partial charge in [0.05, 0.1) is 64.6 Å². The lowest BCUT2D eigenvalue weighted by atomic mass is 9.85. The molecular weight excluding hydrogens is 1120 g/mol. The summed E-state index contributed by atoms with van der Waals surface area (Å²) in [6, 6.07) is 13.8. The highest BCUT2D eigenvalue weighted by Gasteiger charge is 2.45. The van der Waals surface area contributed by atoms with Crippen molar-refractivity contribution in [2.75, 3.05) is 82.4 Å². The van der Waals surface area contributed by atoms with Gasteiger partial charge in [-0.05, 0) is 80.5 Å². The van der Waals surface area contributed by atoms with Gasteiger partial charge in [0.2, 0.25) is 23.6 Å². The molecule has 4 atom stereocenters. The molecule has 0 aliphatic carbocycles. The summed E-state index contributed by atoms with van der Waals surface area (Å²) in [4.78, 5) is 77.4. The zero-order valence-electron chi connectivity index (χ0n) is 49.0. The van der Waals surface area contributed by atoms with Crippen molar-refractivity contribution >= 4 is 46.3 Å². The van der Waals surface area contributed by atoms with Gasteiger partial charge in [-0.2, -0.15) is 13.2 Å². The fraction of sp³-hybridized carbons (Fsp3) is 0.492. The predicted octanol–water partition coefficient (Wildman–Crippen LogP) is 7.71. The van der Waals surface area contributed by atoms with Gasteiger partial charge in [-0.15, -0.1) is 16.4 Å². The molecule has 0 spiro atoms. The number of β-amino-alcohol motifs (C(OH)–C–C–N with tert-alkyl or cyclic N) is 1. The zero-order chi connectivity index (χ0) is 60.4. The van der Waals surface area contributed by atoms with Gasteiger partial charge in [-0.3, -0.25) is 38.6 Å². The molecule has 85 heavy (non-hydrogen) atoms. The molecule has 2 aromatic carbocycles. The molecule has 7 heterocycles. The van der Waals surface area contributed by atoms with E-state index in [-0.39, 0.29) is 42.8 Å². The highest BCUT2D eigenvalue weighted by atomic mass is 32.1. The molecule has 0 bridgehead atoms. The summed E-state index contributed by atoms with van der Waals surface area (Å²) in [5.41, 5.74) is 7.13. The number of carbonyl (C=O) groups excluding carboxylic acids is 4. The van der Waals surface area contributed by atoms with E-state index < -0.39 is 47.2 Å². The molecule has 0 saturated carbocycles. The molecule has 3 fully saturated rings. The number of pyridine rings is 2. The monoisotopic (exact) mass is 1190 g/mol. The van der Waals surface area contributed by atoms with Crippen LogP contribution >= 0.6 is 11.3 Å². The second-order valence-corrected chi connectivity index (χ2v) is 24.0. The first-order chi connectivity index (χ1) is 40.7. The van der Waals surface area contributed by atoms with Crippen molar-refractivity contribution in [3.63, 3.8) is 0 Å². The SMILES string of the molecule is Cc1ncc(NC(=O)c2cccc(C(F)(F)F)c2)cc1-c1cnc(OCCN2CCN(Cc3cn(CCCCCC(=O)N[C@@H](C(=O)N4C[C@H](O)C[C@H]4C(=O)N[C@@H](C)c4ccc(-c5scnc5C)cc4)C(C)(C)C)nn3)CC2)c(N2CCOCC2)c1. The van der Waals surface area contributed by atoms with Crippen LogP contribution in [0.3, 0.4) is 0 Å². The van der Waals surface area contributed by atoms with Crippen LogP contribution in [0, 0.1) is 19.3 Å². The summed E-state index contributed by atoms with van der Waals surface area (Å²) in [7, 11) is 0. The topological polar surface area (TPSA) is 225 Å². The molecule has 9 rings (SSSR count). The van der Waals surface area contributed by atoms with Gasteiger partial charge in [-0.25, -0.2) is 9.97 Å². The molecule has 4 aromatic heterocycles. The average Bonchev–Trinajstić information content (AvgIpc) is 4.31. The van der Waals surface area contributed by atoms with Crippen LogP contribution in [0.4, 0.5) is 24.5 Å². The number of alkyl halides is 3. The van der Waals surface area contributed by atoms with Crippen LogP contribution in [0.5, 0.6) is 5.88 Å². The van der Waals surface area contributed by atoms with Crippen LogP contribution in [0.25, 0.3) is 21.6 Å². The Labute approximate surface area is 497 Å². The molecular formula is C61H76F3N13O7S.